The largest absolute Gasteiger partial charge is 0.0683 e. The monoisotopic (exact) mass is 240 g/mol. The van der Waals surface area contributed by atoms with Gasteiger partial charge in [0.25, 0.3) is 0 Å². The van der Waals surface area contributed by atoms with Crippen LogP contribution in [-0.2, 0) is 0 Å². The lowest BCUT2D eigenvalue weighted by molar-refractivity contribution is -0.0462. The van der Waals surface area contributed by atoms with E-state index < -0.39 is 0 Å². The van der Waals surface area contributed by atoms with E-state index in [1.165, 1.54) is 38.5 Å². The second-order valence-electron chi connectivity index (χ2n) is 7.50. The molecule has 0 aromatic rings. The van der Waals surface area contributed by atoms with Gasteiger partial charge in [-0.3, -0.25) is 0 Å². The van der Waals surface area contributed by atoms with Crippen molar-refractivity contribution >= 4 is 0 Å². The molecule has 0 unspecified atom stereocenters. The second kappa shape index (κ2) is 6.25. The summed E-state index contributed by atoms with van der Waals surface area (Å²) in [6.07, 6.45) is 8.64. The molecule has 0 amide bonds. The van der Waals surface area contributed by atoms with Gasteiger partial charge in [0, 0.05) is 0 Å². The van der Waals surface area contributed by atoms with E-state index in [9.17, 15) is 0 Å². The molecule has 0 bridgehead atoms. The molecule has 0 saturated heterocycles. The van der Waals surface area contributed by atoms with Gasteiger partial charge in [-0.2, -0.15) is 0 Å². The topological polar surface area (TPSA) is 0 Å². The molecule has 1 saturated carbocycles. The minimum absolute atomic E-state index is 0.440. The highest BCUT2D eigenvalue weighted by Gasteiger charge is 2.49. The van der Waals surface area contributed by atoms with Crippen LogP contribution in [0.5, 0.6) is 0 Å². The van der Waals surface area contributed by atoms with E-state index in [0.717, 1.165) is 0 Å². The highest BCUT2D eigenvalue weighted by molar-refractivity contribution is 4.99. The Morgan fingerprint density at radius 2 is 0.882 bits per heavy atom. The third-order valence-corrected chi connectivity index (χ3v) is 4.83. The molecule has 0 radical (unpaired) electrons. The van der Waals surface area contributed by atoms with E-state index in [2.05, 4.69) is 41.5 Å². The molecule has 1 aliphatic rings. The van der Waals surface area contributed by atoms with Crippen molar-refractivity contribution in [3.8, 4) is 0 Å². The summed E-state index contributed by atoms with van der Waals surface area (Å²) in [7, 11) is 0. The standard InChI is InChI=1S/C15H30.C2H6/c1-13(2,3)15(14(4,5)6)11-9-7-8-10-12-15;1-2/h7-12H2,1-6H3;1-2H3. The van der Waals surface area contributed by atoms with Gasteiger partial charge in [-0.15, -0.1) is 0 Å². The predicted octanol–water partition coefficient (Wildman–Crippen LogP) is 6.45. The third-order valence-electron chi connectivity index (χ3n) is 4.83. The van der Waals surface area contributed by atoms with Crippen LogP contribution in [-0.4, -0.2) is 0 Å². The maximum Gasteiger partial charge on any atom is -0.0200 e. The van der Waals surface area contributed by atoms with E-state index in [4.69, 9.17) is 0 Å². The van der Waals surface area contributed by atoms with Crippen molar-refractivity contribution in [3.05, 3.63) is 0 Å². The summed E-state index contributed by atoms with van der Waals surface area (Å²) >= 11 is 0. The predicted molar refractivity (Wildman–Crippen MR) is 80.4 cm³/mol. The normalized spacial score (nSPS) is 21.2. The molecule has 0 N–H and O–H groups in total. The molecule has 0 spiro atoms. The average Bonchev–Trinajstić information content (AvgIpc) is 2.44. The maximum atomic E-state index is 2.45. The van der Waals surface area contributed by atoms with E-state index in [-0.39, 0.29) is 0 Å². The van der Waals surface area contributed by atoms with Crippen molar-refractivity contribution in [1.82, 2.24) is 0 Å². The number of hydrogen-bond acceptors (Lipinski definition) is 0. The van der Waals surface area contributed by atoms with Crippen LogP contribution in [0, 0.1) is 16.2 Å². The molecule has 0 aliphatic heterocycles. The minimum atomic E-state index is 0.440. The Morgan fingerprint density at radius 3 is 1.12 bits per heavy atom. The van der Waals surface area contributed by atoms with Crippen molar-refractivity contribution < 1.29 is 0 Å². The fourth-order valence-corrected chi connectivity index (χ4v) is 3.96. The molecular weight excluding hydrogens is 204 g/mol. The van der Waals surface area contributed by atoms with Gasteiger partial charge in [-0.1, -0.05) is 81.1 Å². The van der Waals surface area contributed by atoms with Crippen LogP contribution < -0.4 is 0 Å². The molecule has 0 aromatic carbocycles. The van der Waals surface area contributed by atoms with Crippen LogP contribution in [0.2, 0.25) is 0 Å². The van der Waals surface area contributed by atoms with Crippen molar-refractivity contribution in [3.63, 3.8) is 0 Å². The minimum Gasteiger partial charge on any atom is -0.0683 e. The van der Waals surface area contributed by atoms with E-state index in [1.807, 2.05) is 13.8 Å². The van der Waals surface area contributed by atoms with Gasteiger partial charge < -0.3 is 0 Å². The van der Waals surface area contributed by atoms with E-state index >= 15 is 0 Å². The Bertz CT molecular complexity index is 175. The van der Waals surface area contributed by atoms with E-state index in [1.54, 1.807) is 0 Å². The lowest BCUT2D eigenvalue weighted by Crippen LogP contribution is -2.45. The molecule has 1 aliphatic carbocycles. The number of hydrogen-bond donors (Lipinski definition) is 0. The van der Waals surface area contributed by atoms with Crippen molar-refractivity contribution in [1.29, 1.82) is 0 Å². The van der Waals surface area contributed by atoms with Crippen molar-refractivity contribution in [2.45, 2.75) is 93.9 Å². The summed E-state index contributed by atoms with van der Waals surface area (Å²) in [6, 6.07) is 0. The van der Waals surface area contributed by atoms with Gasteiger partial charge in [0.1, 0.15) is 0 Å². The highest BCUT2D eigenvalue weighted by atomic mass is 14.5. The first-order valence-corrected chi connectivity index (χ1v) is 7.71. The smallest absolute Gasteiger partial charge is 0.0200 e. The maximum absolute atomic E-state index is 2.45. The summed E-state index contributed by atoms with van der Waals surface area (Å²) < 4.78 is 0. The van der Waals surface area contributed by atoms with Gasteiger partial charge in [-0.25, -0.2) is 0 Å². The Kier molecular flexibility index (Phi) is 6.25. The summed E-state index contributed by atoms with van der Waals surface area (Å²) in [5.74, 6) is 0. The van der Waals surface area contributed by atoms with Crippen LogP contribution in [0.1, 0.15) is 93.9 Å². The van der Waals surface area contributed by atoms with Crippen LogP contribution in [0.3, 0.4) is 0 Å². The van der Waals surface area contributed by atoms with E-state index in [0.29, 0.717) is 16.2 Å². The Morgan fingerprint density at radius 1 is 0.588 bits per heavy atom. The first-order valence-electron chi connectivity index (χ1n) is 7.71. The quantitative estimate of drug-likeness (QED) is 0.427. The Balaban J connectivity index is 0.00000121. The molecule has 1 rings (SSSR count). The zero-order valence-corrected chi connectivity index (χ0v) is 13.7. The van der Waals surface area contributed by atoms with Crippen LogP contribution in [0.15, 0.2) is 0 Å². The van der Waals surface area contributed by atoms with Crippen LogP contribution >= 0.6 is 0 Å². The van der Waals surface area contributed by atoms with Crippen molar-refractivity contribution in [2.75, 3.05) is 0 Å². The highest BCUT2D eigenvalue weighted by Crippen LogP contribution is 2.58. The summed E-state index contributed by atoms with van der Waals surface area (Å²) in [4.78, 5) is 0. The van der Waals surface area contributed by atoms with Crippen LogP contribution in [0.25, 0.3) is 0 Å². The summed E-state index contributed by atoms with van der Waals surface area (Å²) in [6.45, 7) is 18.7. The van der Waals surface area contributed by atoms with Gasteiger partial charge in [0.05, 0.1) is 0 Å². The molecular formula is C17H36. The summed E-state index contributed by atoms with van der Waals surface area (Å²) in [5.41, 5.74) is 1.42. The average molecular weight is 240 g/mol. The van der Waals surface area contributed by atoms with Gasteiger partial charge in [0.15, 0.2) is 0 Å². The zero-order chi connectivity index (χ0) is 13.7. The molecule has 0 atom stereocenters. The SMILES string of the molecule is CC.CC(C)(C)C1(C(C)(C)C)CCCCCC1. The molecule has 0 nitrogen and oxygen atoms in total. The molecule has 0 heteroatoms. The first-order chi connectivity index (χ1) is 7.71. The lowest BCUT2D eigenvalue weighted by Gasteiger charge is -2.54. The first kappa shape index (κ1) is 17.0. The van der Waals surface area contributed by atoms with Gasteiger partial charge >= 0.3 is 0 Å². The molecule has 1 fully saturated rings. The fraction of sp³-hybridized carbons (Fsp3) is 1.00. The Labute approximate surface area is 111 Å². The van der Waals surface area contributed by atoms with Crippen molar-refractivity contribution in [2.24, 2.45) is 16.2 Å². The summed E-state index contributed by atoms with van der Waals surface area (Å²) in [5, 5.41) is 0. The zero-order valence-electron chi connectivity index (χ0n) is 13.7. The molecule has 0 aromatic heterocycles. The molecule has 104 valence electrons. The van der Waals surface area contributed by atoms with Gasteiger partial charge in [-0.05, 0) is 29.1 Å². The fourth-order valence-electron chi connectivity index (χ4n) is 3.96. The molecule has 0 heterocycles. The van der Waals surface area contributed by atoms with Crippen LogP contribution in [0.4, 0.5) is 0 Å². The third kappa shape index (κ3) is 3.73. The Hall–Kier alpha value is 0. The second-order valence-corrected chi connectivity index (χ2v) is 7.50. The van der Waals surface area contributed by atoms with Gasteiger partial charge in [0.2, 0.25) is 0 Å². The molecule has 17 heavy (non-hydrogen) atoms. The number of rotatable bonds is 0. The lowest BCUT2D eigenvalue weighted by atomic mass is 9.51.